The number of alkyl halides is 3. The summed E-state index contributed by atoms with van der Waals surface area (Å²) in [6.45, 7) is 1.42. The van der Waals surface area contributed by atoms with E-state index in [0.717, 1.165) is 23.9 Å². The standard InChI is InChI=1S/C13H11F3O2S/c1-9(18)19-6-2-3-10-4-5-11(8-17)12(7-10)13(14,15)16/h2-5,7-8H,6H2,1H3. The Bertz CT molecular complexity index is 507. The molecule has 0 fully saturated rings. The van der Waals surface area contributed by atoms with E-state index in [0.29, 0.717) is 11.3 Å². The zero-order valence-electron chi connectivity index (χ0n) is 10.0. The highest BCUT2D eigenvalue weighted by atomic mass is 32.2. The van der Waals surface area contributed by atoms with E-state index in [1.165, 1.54) is 19.1 Å². The van der Waals surface area contributed by atoms with Crippen LogP contribution in [0.2, 0.25) is 0 Å². The third kappa shape index (κ3) is 4.90. The van der Waals surface area contributed by atoms with Gasteiger partial charge in [-0.05, 0) is 11.6 Å². The Hall–Kier alpha value is -1.56. The molecule has 0 spiro atoms. The van der Waals surface area contributed by atoms with Crippen molar-refractivity contribution in [3.8, 4) is 0 Å². The van der Waals surface area contributed by atoms with Gasteiger partial charge in [0.1, 0.15) is 0 Å². The second-order valence-corrected chi connectivity index (χ2v) is 4.86. The summed E-state index contributed by atoms with van der Waals surface area (Å²) in [4.78, 5) is 21.2. The van der Waals surface area contributed by atoms with Crippen LogP contribution in [-0.4, -0.2) is 17.2 Å². The molecule has 0 atom stereocenters. The monoisotopic (exact) mass is 288 g/mol. The number of thioether (sulfide) groups is 1. The molecular formula is C13H11F3O2S. The summed E-state index contributed by atoms with van der Waals surface area (Å²) < 4.78 is 38.0. The van der Waals surface area contributed by atoms with Gasteiger partial charge in [0.05, 0.1) is 5.56 Å². The maximum atomic E-state index is 12.7. The Labute approximate surface area is 112 Å². The van der Waals surface area contributed by atoms with Crippen molar-refractivity contribution in [3.63, 3.8) is 0 Å². The van der Waals surface area contributed by atoms with Crippen molar-refractivity contribution in [1.29, 1.82) is 0 Å². The van der Waals surface area contributed by atoms with Gasteiger partial charge >= 0.3 is 6.18 Å². The number of benzene rings is 1. The zero-order chi connectivity index (χ0) is 14.5. The fourth-order valence-electron chi connectivity index (χ4n) is 1.38. The van der Waals surface area contributed by atoms with Crippen molar-refractivity contribution in [2.45, 2.75) is 13.1 Å². The fourth-order valence-corrected chi connectivity index (χ4v) is 1.80. The smallest absolute Gasteiger partial charge is 0.298 e. The molecule has 0 unspecified atom stereocenters. The van der Waals surface area contributed by atoms with Gasteiger partial charge in [-0.1, -0.05) is 36.0 Å². The first-order valence-corrected chi connectivity index (χ1v) is 6.29. The third-order valence-corrected chi connectivity index (χ3v) is 2.97. The molecule has 1 aromatic carbocycles. The molecule has 0 heterocycles. The topological polar surface area (TPSA) is 34.1 Å². The van der Waals surface area contributed by atoms with Gasteiger partial charge in [-0.3, -0.25) is 9.59 Å². The Balaban J connectivity index is 2.93. The molecule has 102 valence electrons. The number of hydrogen-bond acceptors (Lipinski definition) is 3. The summed E-state index contributed by atoms with van der Waals surface area (Å²) in [6.07, 6.45) is -1.29. The number of hydrogen-bond donors (Lipinski definition) is 0. The molecule has 0 aromatic heterocycles. The lowest BCUT2D eigenvalue weighted by Gasteiger charge is -2.09. The fraction of sp³-hybridized carbons (Fsp3) is 0.231. The summed E-state index contributed by atoms with van der Waals surface area (Å²) >= 11 is 1.06. The van der Waals surface area contributed by atoms with Crippen molar-refractivity contribution in [3.05, 3.63) is 41.0 Å². The van der Waals surface area contributed by atoms with Crippen LogP contribution in [0, 0.1) is 0 Å². The van der Waals surface area contributed by atoms with E-state index in [1.807, 2.05) is 0 Å². The Kier molecular flexibility index (Phi) is 5.35. The Morgan fingerprint density at radius 2 is 2.05 bits per heavy atom. The van der Waals surface area contributed by atoms with E-state index >= 15 is 0 Å². The summed E-state index contributed by atoms with van der Waals surface area (Å²) in [5.41, 5.74) is -1.01. The molecule has 0 aliphatic rings. The first-order valence-electron chi connectivity index (χ1n) is 5.31. The summed E-state index contributed by atoms with van der Waals surface area (Å²) in [5.74, 6) is 0.395. The number of rotatable bonds is 4. The molecule has 2 nitrogen and oxygen atoms in total. The molecule has 1 rings (SSSR count). The van der Waals surface area contributed by atoms with Crippen molar-refractivity contribution in [2.24, 2.45) is 0 Å². The highest BCUT2D eigenvalue weighted by Gasteiger charge is 2.33. The molecule has 0 saturated carbocycles. The van der Waals surface area contributed by atoms with Crippen molar-refractivity contribution in [1.82, 2.24) is 0 Å². The largest absolute Gasteiger partial charge is 0.417 e. The van der Waals surface area contributed by atoms with E-state index in [4.69, 9.17) is 0 Å². The molecule has 0 radical (unpaired) electrons. The molecule has 0 aliphatic heterocycles. The van der Waals surface area contributed by atoms with Gasteiger partial charge < -0.3 is 0 Å². The molecule has 0 N–H and O–H groups in total. The first kappa shape index (κ1) is 15.5. The van der Waals surface area contributed by atoms with E-state index in [-0.39, 0.29) is 17.0 Å². The minimum Gasteiger partial charge on any atom is -0.298 e. The molecule has 0 amide bonds. The van der Waals surface area contributed by atoms with Crippen LogP contribution in [0.4, 0.5) is 13.2 Å². The van der Waals surface area contributed by atoms with Crippen LogP contribution in [0.15, 0.2) is 24.3 Å². The van der Waals surface area contributed by atoms with E-state index in [2.05, 4.69) is 0 Å². The minimum atomic E-state index is -4.56. The van der Waals surface area contributed by atoms with Gasteiger partial charge in [0, 0.05) is 18.2 Å². The van der Waals surface area contributed by atoms with Crippen molar-refractivity contribution in [2.75, 3.05) is 5.75 Å². The summed E-state index contributed by atoms with van der Waals surface area (Å²) in [7, 11) is 0. The molecule has 0 saturated heterocycles. The van der Waals surface area contributed by atoms with Gasteiger partial charge in [-0.25, -0.2) is 0 Å². The predicted molar refractivity (Wildman–Crippen MR) is 69.0 cm³/mol. The predicted octanol–water partition coefficient (Wildman–Crippen LogP) is 3.81. The van der Waals surface area contributed by atoms with Gasteiger partial charge in [0.15, 0.2) is 11.4 Å². The van der Waals surface area contributed by atoms with Gasteiger partial charge in [0.2, 0.25) is 0 Å². The van der Waals surface area contributed by atoms with Gasteiger partial charge in [-0.2, -0.15) is 13.2 Å². The molecule has 0 bridgehead atoms. The van der Waals surface area contributed by atoms with Crippen molar-refractivity contribution < 1.29 is 22.8 Å². The lowest BCUT2D eigenvalue weighted by molar-refractivity contribution is -0.137. The first-order chi connectivity index (χ1) is 8.84. The van der Waals surface area contributed by atoms with Crippen LogP contribution in [0.3, 0.4) is 0 Å². The SMILES string of the molecule is CC(=O)SCC=Cc1ccc(C=O)c(C(F)(F)F)c1. The number of halogens is 3. The molecule has 0 aliphatic carbocycles. The van der Waals surface area contributed by atoms with Crippen LogP contribution >= 0.6 is 11.8 Å². The van der Waals surface area contributed by atoms with Crippen LogP contribution in [0.1, 0.15) is 28.4 Å². The quantitative estimate of drug-likeness (QED) is 0.790. The van der Waals surface area contributed by atoms with Crippen LogP contribution in [0.25, 0.3) is 6.08 Å². The summed E-state index contributed by atoms with van der Waals surface area (Å²) in [5, 5.41) is -0.0584. The average Bonchev–Trinajstić information content (AvgIpc) is 2.33. The maximum Gasteiger partial charge on any atom is 0.417 e. The highest BCUT2D eigenvalue weighted by Crippen LogP contribution is 2.32. The zero-order valence-corrected chi connectivity index (χ0v) is 10.8. The normalized spacial score (nSPS) is 11.8. The van der Waals surface area contributed by atoms with E-state index in [1.54, 1.807) is 6.08 Å². The number of carbonyl (C=O) groups excluding carboxylic acids is 2. The van der Waals surface area contributed by atoms with E-state index < -0.39 is 11.7 Å². The van der Waals surface area contributed by atoms with Crippen LogP contribution < -0.4 is 0 Å². The van der Waals surface area contributed by atoms with Gasteiger partial charge in [0.25, 0.3) is 0 Å². The average molecular weight is 288 g/mol. The number of carbonyl (C=O) groups is 2. The van der Waals surface area contributed by atoms with Crippen LogP contribution in [-0.2, 0) is 11.0 Å². The second kappa shape index (κ2) is 6.56. The molecule has 6 heteroatoms. The van der Waals surface area contributed by atoms with Crippen molar-refractivity contribution >= 4 is 29.2 Å². The van der Waals surface area contributed by atoms with Gasteiger partial charge in [-0.15, -0.1) is 0 Å². The molecule has 19 heavy (non-hydrogen) atoms. The lowest BCUT2D eigenvalue weighted by Crippen LogP contribution is -2.09. The Morgan fingerprint density at radius 3 is 2.58 bits per heavy atom. The number of aldehydes is 1. The Morgan fingerprint density at radius 1 is 1.37 bits per heavy atom. The molecule has 1 aromatic rings. The van der Waals surface area contributed by atoms with Crippen LogP contribution in [0.5, 0.6) is 0 Å². The maximum absolute atomic E-state index is 12.7. The highest BCUT2D eigenvalue weighted by molar-refractivity contribution is 8.13. The second-order valence-electron chi connectivity index (χ2n) is 3.67. The minimum absolute atomic E-state index is 0.0584. The summed E-state index contributed by atoms with van der Waals surface area (Å²) in [6, 6.07) is 3.47. The molecular weight excluding hydrogens is 277 g/mol. The lowest BCUT2D eigenvalue weighted by atomic mass is 10.0. The third-order valence-electron chi connectivity index (χ3n) is 2.20. The van der Waals surface area contributed by atoms with E-state index in [9.17, 15) is 22.8 Å².